The highest BCUT2D eigenvalue weighted by atomic mass is 16.3. The Labute approximate surface area is 93.7 Å². The van der Waals surface area contributed by atoms with E-state index in [4.69, 9.17) is 0 Å². The number of carbonyl (C=O) groups excluding carboxylic acids is 1. The lowest BCUT2D eigenvalue weighted by Crippen LogP contribution is -2.22. The fraction of sp³-hybridized carbons (Fsp3) is 0.154. The molecule has 0 spiro atoms. The molecule has 2 aromatic carbocycles. The van der Waals surface area contributed by atoms with E-state index in [1.807, 2.05) is 31.2 Å². The van der Waals surface area contributed by atoms with Crippen LogP contribution in [0.4, 0.5) is 0 Å². The smallest absolute Gasteiger partial charge is 0.255 e. The van der Waals surface area contributed by atoms with E-state index in [2.05, 4.69) is 5.32 Å². The standard InChI is InChI=1S/C13H13NO2/c1-2-14-13(16)11-7-9-5-3-4-6-10(9)8-12(11)15/h3-8,15H,2H2,1H3,(H,14,16). The second-order valence-electron chi connectivity index (χ2n) is 3.58. The molecule has 0 atom stereocenters. The van der Waals surface area contributed by atoms with Crippen molar-refractivity contribution in [2.24, 2.45) is 0 Å². The average molecular weight is 215 g/mol. The first kappa shape index (κ1) is 10.5. The third-order valence-corrected chi connectivity index (χ3v) is 2.45. The zero-order chi connectivity index (χ0) is 11.5. The maximum Gasteiger partial charge on any atom is 0.255 e. The van der Waals surface area contributed by atoms with Gasteiger partial charge in [-0.2, -0.15) is 0 Å². The van der Waals surface area contributed by atoms with Crippen molar-refractivity contribution in [2.45, 2.75) is 6.92 Å². The molecule has 0 heterocycles. The van der Waals surface area contributed by atoms with Crippen molar-refractivity contribution < 1.29 is 9.90 Å². The Morgan fingerprint density at radius 2 is 1.88 bits per heavy atom. The van der Waals surface area contributed by atoms with Gasteiger partial charge in [0.2, 0.25) is 0 Å². The van der Waals surface area contributed by atoms with Crippen LogP contribution in [0.2, 0.25) is 0 Å². The maximum atomic E-state index is 11.6. The Kier molecular flexibility index (Phi) is 2.77. The van der Waals surface area contributed by atoms with Gasteiger partial charge in [-0.25, -0.2) is 0 Å². The Balaban J connectivity index is 2.54. The molecular formula is C13H13NO2. The first-order chi connectivity index (χ1) is 7.72. The third-order valence-electron chi connectivity index (χ3n) is 2.45. The molecule has 3 nitrogen and oxygen atoms in total. The minimum absolute atomic E-state index is 0.0182. The lowest BCUT2D eigenvalue weighted by atomic mass is 10.1. The highest BCUT2D eigenvalue weighted by Crippen LogP contribution is 2.24. The van der Waals surface area contributed by atoms with Crippen molar-refractivity contribution in [2.75, 3.05) is 6.54 Å². The summed E-state index contributed by atoms with van der Waals surface area (Å²) in [7, 11) is 0. The minimum atomic E-state index is -0.245. The summed E-state index contributed by atoms with van der Waals surface area (Å²) in [4.78, 5) is 11.6. The van der Waals surface area contributed by atoms with E-state index in [1.54, 1.807) is 12.1 Å². The average Bonchev–Trinajstić information content (AvgIpc) is 2.28. The molecule has 2 aromatic rings. The molecule has 0 aromatic heterocycles. The van der Waals surface area contributed by atoms with E-state index in [9.17, 15) is 9.90 Å². The number of hydrogen-bond acceptors (Lipinski definition) is 2. The summed E-state index contributed by atoms with van der Waals surface area (Å²) in [5, 5.41) is 14.3. The number of benzene rings is 2. The number of aromatic hydroxyl groups is 1. The molecule has 0 unspecified atom stereocenters. The van der Waals surface area contributed by atoms with Crippen LogP contribution in [0.5, 0.6) is 5.75 Å². The van der Waals surface area contributed by atoms with Crippen molar-refractivity contribution in [3.63, 3.8) is 0 Å². The second-order valence-corrected chi connectivity index (χ2v) is 3.58. The number of hydrogen-bond donors (Lipinski definition) is 2. The van der Waals surface area contributed by atoms with Gasteiger partial charge >= 0.3 is 0 Å². The molecule has 16 heavy (non-hydrogen) atoms. The quantitative estimate of drug-likeness (QED) is 0.807. The number of nitrogens with one attached hydrogen (secondary N) is 1. The number of fused-ring (bicyclic) bond motifs is 1. The van der Waals surface area contributed by atoms with Gasteiger partial charge in [0.15, 0.2) is 0 Å². The summed E-state index contributed by atoms with van der Waals surface area (Å²) in [6.07, 6.45) is 0. The zero-order valence-corrected chi connectivity index (χ0v) is 9.03. The largest absolute Gasteiger partial charge is 0.507 e. The summed E-state index contributed by atoms with van der Waals surface area (Å²) in [5.41, 5.74) is 0.320. The number of carbonyl (C=O) groups is 1. The van der Waals surface area contributed by atoms with Gasteiger partial charge in [-0.3, -0.25) is 4.79 Å². The van der Waals surface area contributed by atoms with Gasteiger partial charge in [0.05, 0.1) is 5.56 Å². The van der Waals surface area contributed by atoms with Gasteiger partial charge in [-0.15, -0.1) is 0 Å². The fourth-order valence-corrected chi connectivity index (χ4v) is 1.67. The summed E-state index contributed by atoms with van der Waals surface area (Å²) < 4.78 is 0. The Hall–Kier alpha value is -2.03. The molecule has 0 aliphatic carbocycles. The number of phenolic OH excluding ortho intramolecular Hbond substituents is 1. The molecule has 2 N–H and O–H groups in total. The molecule has 0 saturated heterocycles. The van der Waals surface area contributed by atoms with Gasteiger partial charge in [-0.05, 0) is 29.8 Å². The summed E-state index contributed by atoms with van der Waals surface area (Å²) in [5.74, 6) is -0.226. The van der Waals surface area contributed by atoms with E-state index in [-0.39, 0.29) is 11.7 Å². The van der Waals surface area contributed by atoms with Crippen LogP contribution in [0, 0.1) is 0 Å². The summed E-state index contributed by atoms with van der Waals surface area (Å²) in [6, 6.07) is 10.9. The van der Waals surface area contributed by atoms with E-state index >= 15 is 0 Å². The first-order valence-electron chi connectivity index (χ1n) is 5.22. The van der Waals surface area contributed by atoms with E-state index in [0.717, 1.165) is 10.8 Å². The van der Waals surface area contributed by atoms with Crippen molar-refractivity contribution in [1.29, 1.82) is 0 Å². The molecule has 1 amide bonds. The summed E-state index contributed by atoms with van der Waals surface area (Å²) >= 11 is 0. The van der Waals surface area contributed by atoms with Crippen LogP contribution in [0.15, 0.2) is 36.4 Å². The molecule has 82 valence electrons. The van der Waals surface area contributed by atoms with E-state index in [0.29, 0.717) is 12.1 Å². The lowest BCUT2D eigenvalue weighted by molar-refractivity contribution is 0.0953. The number of phenols is 1. The predicted octanol–water partition coefficient (Wildman–Crippen LogP) is 2.30. The van der Waals surface area contributed by atoms with E-state index < -0.39 is 0 Å². The highest BCUT2D eigenvalue weighted by molar-refractivity contribution is 6.01. The fourth-order valence-electron chi connectivity index (χ4n) is 1.67. The molecular weight excluding hydrogens is 202 g/mol. The van der Waals surface area contributed by atoms with Crippen LogP contribution in [-0.2, 0) is 0 Å². The van der Waals surface area contributed by atoms with Gasteiger partial charge in [0.25, 0.3) is 5.91 Å². The molecule has 0 bridgehead atoms. The van der Waals surface area contributed by atoms with E-state index in [1.165, 1.54) is 0 Å². The SMILES string of the molecule is CCNC(=O)c1cc2ccccc2cc1O. The van der Waals surface area contributed by atoms with Crippen molar-refractivity contribution >= 4 is 16.7 Å². The van der Waals surface area contributed by atoms with Crippen molar-refractivity contribution in [3.05, 3.63) is 42.0 Å². The normalized spacial score (nSPS) is 10.3. The lowest BCUT2D eigenvalue weighted by Gasteiger charge is -2.06. The van der Waals surface area contributed by atoms with Gasteiger partial charge < -0.3 is 10.4 Å². The molecule has 2 rings (SSSR count). The van der Waals surface area contributed by atoms with Gasteiger partial charge in [0.1, 0.15) is 5.75 Å². The third kappa shape index (κ3) is 1.84. The van der Waals surface area contributed by atoms with Crippen molar-refractivity contribution in [1.82, 2.24) is 5.32 Å². The Morgan fingerprint density at radius 3 is 2.50 bits per heavy atom. The highest BCUT2D eigenvalue weighted by Gasteiger charge is 2.10. The Morgan fingerprint density at radius 1 is 1.25 bits per heavy atom. The molecule has 0 saturated carbocycles. The van der Waals surface area contributed by atoms with Crippen LogP contribution < -0.4 is 5.32 Å². The van der Waals surface area contributed by atoms with Gasteiger partial charge in [-0.1, -0.05) is 24.3 Å². The zero-order valence-electron chi connectivity index (χ0n) is 9.03. The second kappa shape index (κ2) is 4.23. The van der Waals surface area contributed by atoms with Crippen LogP contribution in [0.3, 0.4) is 0 Å². The first-order valence-corrected chi connectivity index (χ1v) is 5.22. The molecule has 0 fully saturated rings. The molecule has 0 aliphatic heterocycles. The molecule has 0 radical (unpaired) electrons. The van der Waals surface area contributed by atoms with Gasteiger partial charge in [0, 0.05) is 6.54 Å². The van der Waals surface area contributed by atoms with Crippen LogP contribution in [-0.4, -0.2) is 17.6 Å². The van der Waals surface area contributed by atoms with Crippen molar-refractivity contribution in [3.8, 4) is 5.75 Å². The monoisotopic (exact) mass is 215 g/mol. The topological polar surface area (TPSA) is 49.3 Å². The molecule has 0 aliphatic rings. The molecule has 3 heteroatoms. The number of rotatable bonds is 2. The maximum absolute atomic E-state index is 11.6. The predicted molar refractivity (Wildman–Crippen MR) is 63.6 cm³/mol. The van der Waals surface area contributed by atoms with Crippen LogP contribution >= 0.6 is 0 Å². The van der Waals surface area contributed by atoms with Crippen LogP contribution in [0.25, 0.3) is 10.8 Å². The minimum Gasteiger partial charge on any atom is -0.507 e. The summed E-state index contributed by atoms with van der Waals surface area (Å²) in [6.45, 7) is 2.39. The van der Waals surface area contributed by atoms with Crippen LogP contribution in [0.1, 0.15) is 17.3 Å². The number of amides is 1. The Bertz CT molecular complexity index is 534.